The maximum atomic E-state index is 6.01. The van der Waals surface area contributed by atoms with E-state index in [9.17, 15) is 0 Å². The SMILES string of the molecule is CC(Cn1nnnc1-c1ccc(N)cc1N)C(C)(C)C. The molecule has 1 heterocycles. The van der Waals surface area contributed by atoms with Gasteiger partial charge in [-0.1, -0.05) is 27.7 Å². The fourth-order valence-corrected chi connectivity index (χ4v) is 1.84. The second kappa shape index (κ2) is 5.11. The summed E-state index contributed by atoms with van der Waals surface area (Å²) in [5, 5.41) is 11.9. The molecule has 1 aromatic heterocycles. The van der Waals surface area contributed by atoms with Gasteiger partial charge in [0.25, 0.3) is 0 Å². The van der Waals surface area contributed by atoms with Gasteiger partial charge >= 0.3 is 0 Å². The van der Waals surface area contributed by atoms with Gasteiger partial charge in [0.15, 0.2) is 5.82 Å². The van der Waals surface area contributed by atoms with Gasteiger partial charge in [-0.05, 0) is 40.0 Å². The van der Waals surface area contributed by atoms with Crippen LogP contribution in [0.5, 0.6) is 0 Å². The van der Waals surface area contributed by atoms with Gasteiger partial charge in [-0.25, -0.2) is 4.68 Å². The molecule has 108 valence electrons. The highest BCUT2D eigenvalue weighted by Gasteiger charge is 2.23. The lowest BCUT2D eigenvalue weighted by molar-refractivity contribution is 0.225. The molecule has 1 atom stereocenters. The van der Waals surface area contributed by atoms with Crippen LogP contribution in [0.1, 0.15) is 27.7 Å². The number of nitrogen functional groups attached to an aromatic ring is 2. The van der Waals surface area contributed by atoms with E-state index in [4.69, 9.17) is 11.5 Å². The van der Waals surface area contributed by atoms with E-state index in [0.717, 1.165) is 12.1 Å². The monoisotopic (exact) mass is 274 g/mol. The fourth-order valence-electron chi connectivity index (χ4n) is 1.84. The number of rotatable bonds is 3. The largest absolute Gasteiger partial charge is 0.399 e. The first-order valence-electron chi connectivity index (χ1n) is 6.70. The molecule has 0 bridgehead atoms. The zero-order valence-corrected chi connectivity index (χ0v) is 12.5. The standard InChI is InChI=1S/C14H22N6/c1-9(14(2,3)4)8-20-13(17-18-19-20)11-6-5-10(15)7-12(11)16/h5-7,9H,8,15-16H2,1-4H3. The molecule has 4 N–H and O–H groups in total. The zero-order valence-electron chi connectivity index (χ0n) is 12.5. The van der Waals surface area contributed by atoms with Crippen molar-refractivity contribution in [3.63, 3.8) is 0 Å². The number of nitrogens with two attached hydrogens (primary N) is 2. The first-order valence-corrected chi connectivity index (χ1v) is 6.70. The molecule has 0 aliphatic heterocycles. The van der Waals surface area contributed by atoms with Crippen LogP contribution >= 0.6 is 0 Å². The summed E-state index contributed by atoms with van der Waals surface area (Å²) in [6, 6.07) is 5.38. The van der Waals surface area contributed by atoms with Gasteiger partial charge in [-0.2, -0.15) is 0 Å². The van der Waals surface area contributed by atoms with Gasteiger partial charge in [0, 0.05) is 23.5 Å². The number of nitrogens with zero attached hydrogens (tertiary/aromatic N) is 4. The Labute approximate surface area is 119 Å². The highest BCUT2D eigenvalue weighted by atomic mass is 15.5. The van der Waals surface area contributed by atoms with Crippen LogP contribution in [0.4, 0.5) is 11.4 Å². The lowest BCUT2D eigenvalue weighted by atomic mass is 9.82. The van der Waals surface area contributed by atoms with Crippen LogP contribution < -0.4 is 11.5 Å². The van der Waals surface area contributed by atoms with Gasteiger partial charge in [0.05, 0.1) is 0 Å². The molecule has 0 saturated carbocycles. The number of anilines is 2. The Morgan fingerprint density at radius 2 is 1.95 bits per heavy atom. The molecule has 0 aliphatic carbocycles. The van der Waals surface area contributed by atoms with E-state index in [2.05, 4.69) is 43.2 Å². The molecule has 2 aromatic rings. The number of tetrazole rings is 1. The van der Waals surface area contributed by atoms with Crippen LogP contribution in [0.25, 0.3) is 11.4 Å². The van der Waals surface area contributed by atoms with Crippen LogP contribution in [-0.2, 0) is 6.54 Å². The van der Waals surface area contributed by atoms with E-state index in [1.165, 1.54) is 0 Å². The van der Waals surface area contributed by atoms with Crippen molar-refractivity contribution in [2.24, 2.45) is 11.3 Å². The third kappa shape index (κ3) is 2.89. The zero-order chi connectivity index (χ0) is 14.9. The predicted octanol–water partition coefficient (Wildman–Crippen LogP) is 2.19. The highest BCUT2D eigenvalue weighted by Crippen LogP contribution is 2.29. The van der Waals surface area contributed by atoms with Gasteiger partial charge in [-0.15, -0.1) is 5.10 Å². The van der Waals surface area contributed by atoms with Crippen LogP contribution in [-0.4, -0.2) is 20.2 Å². The molecule has 0 spiro atoms. The van der Waals surface area contributed by atoms with E-state index in [-0.39, 0.29) is 5.41 Å². The maximum Gasteiger partial charge on any atom is 0.184 e. The van der Waals surface area contributed by atoms with E-state index in [0.29, 0.717) is 23.1 Å². The predicted molar refractivity (Wildman–Crippen MR) is 80.7 cm³/mol. The van der Waals surface area contributed by atoms with Crippen molar-refractivity contribution in [1.82, 2.24) is 20.2 Å². The van der Waals surface area contributed by atoms with Crippen LogP contribution in [0, 0.1) is 11.3 Å². The van der Waals surface area contributed by atoms with Crippen molar-refractivity contribution in [3.8, 4) is 11.4 Å². The van der Waals surface area contributed by atoms with Crippen molar-refractivity contribution in [1.29, 1.82) is 0 Å². The minimum Gasteiger partial charge on any atom is -0.399 e. The van der Waals surface area contributed by atoms with Gasteiger partial charge in [0.2, 0.25) is 0 Å². The Kier molecular flexibility index (Phi) is 3.65. The topological polar surface area (TPSA) is 95.6 Å². The molecule has 0 aliphatic rings. The summed E-state index contributed by atoms with van der Waals surface area (Å²) in [5.41, 5.74) is 13.9. The molecule has 0 fully saturated rings. The Hall–Kier alpha value is -2.11. The van der Waals surface area contributed by atoms with Crippen LogP contribution in [0.3, 0.4) is 0 Å². The Balaban J connectivity index is 2.33. The first kappa shape index (κ1) is 14.3. The lowest BCUT2D eigenvalue weighted by Crippen LogP contribution is -2.23. The summed E-state index contributed by atoms with van der Waals surface area (Å²) in [4.78, 5) is 0. The highest BCUT2D eigenvalue weighted by molar-refractivity contribution is 5.74. The van der Waals surface area contributed by atoms with Gasteiger partial charge < -0.3 is 11.5 Å². The normalized spacial score (nSPS) is 13.4. The molecule has 20 heavy (non-hydrogen) atoms. The minimum atomic E-state index is 0.190. The number of benzene rings is 1. The van der Waals surface area contributed by atoms with Crippen LogP contribution in [0.2, 0.25) is 0 Å². The second-order valence-electron chi connectivity index (χ2n) is 6.30. The molecule has 1 aromatic carbocycles. The van der Waals surface area contributed by atoms with Crippen molar-refractivity contribution in [3.05, 3.63) is 18.2 Å². The van der Waals surface area contributed by atoms with Gasteiger partial charge in [0.1, 0.15) is 0 Å². The Morgan fingerprint density at radius 3 is 2.55 bits per heavy atom. The number of hydrogen-bond acceptors (Lipinski definition) is 5. The summed E-state index contributed by atoms with van der Waals surface area (Å²) >= 11 is 0. The molecule has 6 nitrogen and oxygen atoms in total. The van der Waals surface area contributed by atoms with Crippen molar-refractivity contribution >= 4 is 11.4 Å². The van der Waals surface area contributed by atoms with Crippen molar-refractivity contribution in [2.75, 3.05) is 11.5 Å². The Morgan fingerprint density at radius 1 is 1.25 bits per heavy atom. The van der Waals surface area contributed by atoms with Crippen molar-refractivity contribution in [2.45, 2.75) is 34.2 Å². The average Bonchev–Trinajstić information content (AvgIpc) is 2.76. The summed E-state index contributed by atoms with van der Waals surface area (Å²) < 4.78 is 1.80. The molecule has 0 radical (unpaired) electrons. The number of hydrogen-bond donors (Lipinski definition) is 2. The molecule has 0 amide bonds. The Bertz CT molecular complexity index is 596. The lowest BCUT2D eigenvalue weighted by Gasteiger charge is -2.27. The molecular formula is C14H22N6. The molecule has 0 saturated heterocycles. The van der Waals surface area contributed by atoms with E-state index in [1.54, 1.807) is 16.8 Å². The summed E-state index contributed by atoms with van der Waals surface area (Å²) in [6.45, 7) is 9.56. The molecule has 6 heteroatoms. The van der Waals surface area contributed by atoms with E-state index in [1.807, 2.05) is 6.07 Å². The average molecular weight is 274 g/mol. The summed E-state index contributed by atoms with van der Waals surface area (Å²) in [5.74, 6) is 1.11. The fraction of sp³-hybridized carbons (Fsp3) is 0.500. The second-order valence-corrected chi connectivity index (χ2v) is 6.30. The first-order chi connectivity index (χ1) is 9.29. The summed E-state index contributed by atoms with van der Waals surface area (Å²) in [7, 11) is 0. The molecule has 1 unspecified atom stereocenters. The third-order valence-corrected chi connectivity index (χ3v) is 3.77. The van der Waals surface area contributed by atoms with E-state index < -0.39 is 0 Å². The van der Waals surface area contributed by atoms with E-state index >= 15 is 0 Å². The quantitative estimate of drug-likeness (QED) is 0.836. The number of aromatic nitrogens is 4. The third-order valence-electron chi connectivity index (χ3n) is 3.77. The van der Waals surface area contributed by atoms with Crippen molar-refractivity contribution < 1.29 is 0 Å². The van der Waals surface area contributed by atoms with Crippen LogP contribution in [0.15, 0.2) is 18.2 Å². The smallest absolute Gasteiger partial charge is 0.184 e. The molecular weight excluding hydrogens is 252 g/mol. The molecule has 2 rings (SSSR count). The minimum absolute atomic E-state index is 0.190. The summed E-state index contributed by atoms with van der Waals surface area (Å²) in [6.07, 6.45) is 0. The van der Waals surface area contributed by atoms with Gasteiger partial charge in [-0.3, -0.25) is 0 Å². The maximum absolute atomic E-state index is 6.01.